The lowest BCUT2D eigenvalue weighted by atomic mass is 10.0. The van der Waals surface area contributed by atoms with Crippen molar-refractivity contribution >= 4 is 73.2 Å². The summed E-state index contributed by atoms with van der Waals surface area (Å²) in [6, 6.07) is 19.3. The summed E-state index contributed by atoms with van der Waals surface area (Å²) in [5.41, 5.74) is 5.68. The Balaban J connectivity index is 0.00000171. The van der Waals surface area contributed by atoms with E-state index in [9.17, 15) is 0 Å². The Morgan fingerprint density at radius 2 is 1.56 bits per heavy atom. The minimum absolute atomic E-state index is 0. The van der Waals surface area contributed by atoms with Crippen LogP contribution in [0, 0.1) is 0 Å². The molecule has 0 saturated carbocycles. The lowest BCUT2D eigenvalue weighted by Crippen LogP contribution is -2.44. The van der Waals surface area contributed by atoms with E-state index in [-0.39, 0.29) is 50.9 Å². The van der Waals surface area contributed by atoms with Gasteiger partial charge in [0.15, 0.2) is 0 Å². The Kier molecular flexibility index (Phi) is 12.2. The Morgan fingerprint density at radius 3 is 2.28 bits per heavy atom. The second-order valence-electron chi connectivity index (χ2n) is 8.11. The van der Waals surface area contributed by atoms with Crippen molar-refractivity contribution < 1.29 is 0 Å². The van der Waals surface area contributed by atoms with Crippen molar-refractivity contribution in [3.8, 4) is 11.3 Å². The molecule has 1 aromatic heterocycles. The first-order valence-corrected chi connectivity index (χ1v) is 10.4. The third-order valence-electron chi connectivity index (χ3n) is 5.62. The molecule has 1 aliphatic heterocycles. The van der Waals surface area contributed by atoms with Crippen molar-refractivity contribution in [2.24, 2.45) is 0 Å². The SMILES string of the molecule is Br.Br.Br.CN(C)CCNc1ccccc1-c1cc(N2CCN(C)CC2)c2ccccc2n1. The summed E-state index contributed by atoms with van der Waals surface area (Å²) >= 11 is 0. The molecule has 1 fully saturated rings. The standard InChI is InChI=1S/C24H31N5.3BrH/c1-27(2)13-12-25-21-10-6-4-8-19(21)23-18-24(29-16-14-28(3)15-17-29)20-9-5-7-11-22(20)26-23;;;/h4-11,18,25H,12-17H2,1-3H3;3*1H. The summed E-state index contributed by atoms with van der Waals surface area (Å²) in [5.74, 6) is 0. The highest BCUT2D eigenvalue weighted by Crippen LogP contribution is 2.34. The van der Waals surface area contributed by atoms with Gasteiger partial charge in [0.2, 0.25) is 0 Å². The molecule has 1 aliphatic rings. The Bertz CT molecular complexity index is 975. The molecular formula is C24H34Br3N5. The van der Waals surface area contributed by atoms with Crippen LogP contribution in [0.5, 0.6) is 0 Å². The first-order chi connectivity index (χ1) is 14.1. The van der Waals surface area contributed by atoms with Crippen LogP contribution in [-0.2, 0) is 0 Å². The number of nitrogens with one attached hydrogen (secondary N) is 1. The van der Waals surface area contributed by atoms with Gasteiger partial charge in [-0.2, -0.15) is 0 Å². The van der Waals surface area contributed by atoms with Gasteiger partial charge in [0.1, 0.15) is 0 Å². The molecule has 3 aromatic rings. The smallest absolute Gasteiger partial charge is 0.0751 e. The highest BCUT2D eigenvalue weighted by molar-refractivity contribution is 8.93. The van der Waals surface area contributed by atoms with Crippen LogP contribution >= 0.6 is 50.9 Å². The van der Waals surface area contributed by atoms with Crippen molar-refractivity contribution in [3.63, 3.8) is 0 Å². The molecule has 32 heavy (non-hydrogen) atoms. The largest absolute Gasteiger partial charge is 0.383 e. The minimum Gasteiger partial charge on any atom is -0.383 e. The van der Waals surface area contributed by atoms with Crippen LogP contribution in [0.1, 0.15) is 0 Å². The van der Waals surface area contributed by atoms with E-state index in [0.29, 0.717) is 0 Å². The number of fused-ring (bicyclic) bond motifs is 1. The molecular weight excluding hydrogens is 598 g/mol. The first kappa shape index (κ1) is 28.8. The van der Waals surface area contributed by atoms with E-state index in [2.05, 4.69) is 95.8 Å². The molecule has 176 valence electrons. The molecule has 0 atom stereocenters. The molecule has 8 heteroatoms. The number of para-hydroxylation sites is 2. The summed E-state index contributed by atoms with van der Waals surface area (Å²) in [7, 11) is 6.39. The van der Waals surface area contributed by atoms with Crippen molar-refractivity contribution in [1.29, 1.82) is 0 Å². The maximum Gasteiger partial charge on any atom is 0.0751 e. The van der Waals surface area contributed by atoms with Gasteiger partial charge >= 0.3 is 0 Å². The summed E-state index contributed by atoms with van der Waals surface area (Å²) in [5, 5.41) is 4.83. The quantitative estimate of drug-likeness (QED) is 0.396. The first-order valence-electron chi connectivity index (χ1n) is 10.4. The van der Waals surface area contributed by atoms with E-state index in [1.165, 1.54) is 11.1 Å². The molecule has 0 aliphatic carbocycles. The van der Waals surface area contributed by atoms with E-state index in [4.69, 9.17) is 4.98 Å². The number of anilines is 2. The van der Waals surface area contributed by atoms with Gasteiger partial charge in [-0.05, 0) is 39.3 Å². The zero-order valence-electron chi connectivity index (χ0n) is 19.0. The molecule has 0 spiro atoms. The number of rotatable bonds is 6. The van der Waals surface area contributed by atoms with Crippen molar-refractivity contribution in [2.75, 3.05) is 70.6 Å². The fourth-order valence-electron chi connectivity index (χ4n) is 3.88. The van der Waals surface area contributed by atoms with E-state index in [1.807, 2.05) is 0 Å². The normalized spacial score (nSPS) is 13.8. The Labute approximate surface area is 223 Å². The monoisotopic (exact) mass is 629 g/mol. The number of piperazine rings is 1. The number of likely N-dealkylation sites (N-methyl/N-ethyl adjacent to an activating group) is 2. The molecule has 1 N–H and O–H groups in total. The number of nitrogens with zero attached hydrogens (tertiary/aromatic N) is 4. The molecule has 0 amide bonds. The van der Waals surface area contributed by atoms with E-state index >= 15 is 0 Å². The van der Waals surface area contributed by atoms with Gasteiger partial charge in [-0.15, -0.1) is 50.9 Å². The second kappa shape index (κ2) is 13.5. The number of benzene rings is 2. The van der Waals surface area contributed by atoms with Gasteiger partial charge in [-0.25, -0.2) is 4.98 Å². The zero-order valence-corrected chi connectivity index (χ0v) is 24.1. The van der Waals surface area contributed by atoms with Crippen LogP contribution in [0.3, 0.4) is 0 Å². The fourth-order valence-corrected chi connectivity index (χ4v) is 3.88. The van der Waals surface area contributed by atoms with Crippen molar-refractivity contribution in [2.45, 2.75) is 0 Å². The number of hydrogen-bond acceptors (Lipinski definition) is 5. The van der Waals surface area contributed by atoms with Gasteiger partial charge in [-0.3, -0.25) is 0 Å². The fraction of sp³-hybridized carbons (Fsp3) is 0.375. The molecule has 0 radical (unpaired) electrons. The average molecular weight is 632 g/mol. The highest BCUT2D eigenvalue weighted by Gasteiger charge is 2.18. The van der Waals surface area contributed by atoms with E-state index in [0.717, 1.165) is 61.7 Å². The summed E-state index contributed by atoms with van der Waals surface area (Å²) < 4.78 is 0. The van der Waals surface area contributed by atoms with Crippen LogP contribution in [0.15, 0.2) is 54.6 Å². The number of aromatic nitrogens is 1. The third kappa shape index (κ3) is 6.90. The van der Waals surface area contributed by atoms with Crippen LogP contribution in [0.25, 0.3) is 22.2 Å². The van der Waals surface area contributed by atoms with Crippen LogP contribution in [0.2, 0.25) is 0 Å². The zero-order chi connectivity index (χ0) is 20.2. The van der Waals surface area contributed by atoms with Crippen LogP contribution < -0.4 is 10.2 Å². The van der Waals surface area contributed by atoms with Gasteiger partial charge < -0.3 is 20.0 Å². The summed E-state index contributed by atoms with van der Waals surface area (Å²) in [6.45, 7) is 6.18. The maximum atomic E-state index is 5.03. The van der Waals surface area contributed by atoms with E-state index < -0.39 is 0 Å². The third-order valence-corrected chi connectivity index (χ3v) is 5.62. The van der Waals surface area contributed by atoms with Gasteiger partial charge in [0, 0.05) is 61.6 Å². The molecule has 2 aromatic carbocycles. The molecule has 1 saturated heterocycles. The predicted molar refractivity (Wildman–Crippen MR) is 155 cm³/mol. The average Bonchev–Trinajstić information content (AvgIpc) is 2.74. The summed E-state index contributed by atoms with van der Waals surface area (Å²) in [6.07, 6.45) is 0. The summed E-state index contributed by atoms with van der Waals surface area (Å²) in [4.78, 5) is 12.1. The lowest BCUT2D eigenvalue weighted by molar-refractivity contribution is 0.313. The molecule has 2 heterocycles. The van der Waals surface area contributed by atoms with Crippen molar-refractivity contribution in [3.05, 3.63) is 54.6 Å². The second-order valence-corrected chi connectivity index (χ2v) is 8.11. The van der Waals surface area contributed by atoms with Gasteiger partial charge in [-0.1, -0.05) is 36.4 Å². The molecule has 0 bridgehead atoms. The van der Waals surface area contributed by atoms with Crippen molar-refractivity contribution in [1.82, 2.24) is 14.8 Å². The maximum absolute atomic E-state index is 5.03. The Morgan fingerprint density at radius 1 is 0.906 bits per heavy atom. The van der Waals surface area contributed by atoms with Crippen LogP contribution in [0.4, 0.5) is 11.4 Å². The van der Waals surface area contributed by atoms with Crippen LogP contribution in [-0.4, -0.2) is 75.2 Å². The number of halogens is 3. The molecule has 4 rings (SSSR count). The lowest BCUT2D eigenvalue weighted by Gasteiger charge is -2.35. The number of hydrogen-bond donors (Lipinski definition) is 1. The minimum atomic E-state index is 0. The predicted octanol–water partition coefficient (Wildman–Crippen LogP) is 5.36. The van der Waals surface area contributed by atoms with Gasteiger partial charge in [0.25, 0.3) is 0 Å². The number of pyridine rings is 1. The topological polar surface area (TPSA) is 34.6 Å². The highest BCUT2D eigenvalue weighted by atomic mass is 79.9. The molecule has 5 nitrogen and oxygen atoms in total. The Hall–Kier alpha value is -1.19. The van der Waals surface area contributed by atoms with E-state index in [1.54, 1.807) is 0 Å². The van der Waals surface area contributed by atoms with Gasteiger partial charge in [0.05, 0.1) is 11.2 Å². The molecule has 0 unspecified atom stereocenters.